The third-order valence-electron chi connectivity index (χ3n) is 3.49. The second-order valence-electron chi connectivity index (χ2n) is 4.53. The third-order valence-corrected chi connectivity index (χ3v) is 3.49. The highest BCUT2D eigenvalue weighted by Crippen LogP contribution is 2.26. The third kappa shape index (κ3) is 1.92. The summed E-state index contributed by atoms with van der Waals surface area (Å²) in [6.07, 6.45) is 3.52. The van der Waals surface area contributed by atoms with E-state index in [9.17, 15) is 4.79 Å². The van der Waals surface area contributed by atoms with Gasteiger partial charge in [0.15, 0.2) is 0 Å². The Morgan fingerprint density at radius 3 is 3.18 bits per heavy atom. The van der Waals surface area contributed by atoms with E-state index in [1.807, 2.05) is 12.1 Å². The molecule has 1 aromatic heterocycles. The molecular formula is C12H16N4O. The van der Waals surface area contributed by atoms with Gasteiger partial charge in [0.05, 0.1) is 0 Å². The zero-order chi connectivity index (χ0) is 11.7. The Morgan fingerprint density at radius 1 is 1.41 bits per heavy atom. The minimum absolute atomic E-state index is 0.0937. The summed E-state index contributed by atoms with van der Waals surface area (Å²) in [6, 6.07) is 4.08. The van der Waals surface area contributed by atoms with Crippen molar-refractivity contribution in [3.05, 3.63) is 30.1 Å². The molecule has 0 aliphatic carbocycles. The monoisotopic (exact) mass is 232 g/mol. The van der Waals surface area contributed by atoms with Gasteiger partial charge in [0.25, 0.3) is 0 Å². The Morgan fingerprint density at radius 2 is 2.35 bits per heavy atom. The van der Waals surface area contributed by atoms with Crippen LogP contribution in [-0.2, 0) is 4.79 Å². The zero-order valence-corrected chi connectivity index (χ0v) is 9.60. The number of piperazine rings is 2. The van der Waals surface area contributed by atoms with Gasteiger partial charge in [-0.05, 0) is 11.6 Å². The van der Waals surface area contributed by atoms with E-state index >= 15 is 0 Å². The highest BCUT2D eigenvalue weighted by molar-refractivity contribution is 5.84. The van der Waals surface area contributed by atoms with E-state index in [0.717, 1.165) is 31.7 Å². The molecule has 17 heavy (non-hydrogen) atoms. The summed E-state index contributed by atoms with van der Waals surface area (Å²) in [5.41, 5.74) is 0.983. The molecule has 2 aliphatic rings. The maximum Gasteiger partial charge on any atom is 0.242 e. The molecule has 90 valence electrons. The summed E-state index contributed by atoms with van der Waals surface area (Å²) in [5, 5.41) is 6.34. The van der Waals surface area contributed by atoms with Crippen molar-refractivity contribution in [2.24, 2.45) is 0 Å². The quantitative estimate of drug-likeness (QED) is 0.687. The van der Waals surface area contributed by atoms with Crippen molar-refractivity contribution in [3.63, 3.8) is 0 Å². The minimum Gasteiger partial charge on any atom is -0.353 e. The summed E-state index contributed by atoms with van der Waals surface area (Å²) >= 11 is 0. The largest absolute Gasteiger partial charge is 0.353 e. The smallest absolute Gasteiger partial charge is 0.242 e. The maximum absolute atomic E-state index is 12.0. The summed E-state index contributed by atoms with van der Waals surface area (Å²) < 4.78 is 0. The van der Waals surface area contributed by atoms with E-state index in [-0.39, 0.29) is 11.9 Å². The fourth-order valence-corrected chi connectivity index (χ4v) is 2.65. The van der Waals surface area contributed by atoms with Crippen LogP contribution in [0.5, 0.6) is 0 Å². The first kappa shape index (κ1) is 10.7. The summed E-state index contributed by atoms with van der Waals surface area (Å²) in [7, 11) is 0. The predicted molar refractivity (Wildman–Crippen MR) is 63.4 cm³/mol. The Bertz CT molecular complexity index is 408. The average Bonchev–Trinajstić information content (AvgIpc) is 2.39. The summed E-state index contributed by atoms with van der Waals surface area (Å²) in [4.78, 5) is 18.4. The normalized spacial score (nSPS) is 29.5. The molecular weight excluding hydrogens is 216 g/mol. The van der Waals surface area contributed by atoms with Crippen molar-refractivity contribution in [1.29, 1.82) is 0 Å². The molecule has 0 aromatic carbocycles. The lowest BCUT2D eigenvalue weighted by Crippen LogP contribution is -2.63. The molecule has 2 N–H and O–H groups in total. The summed E-state index contributed by atoms with van der Waals surface area (Å²) in [5.74, 6) is 0.0937. The highest BCUT2D eigenvalue weighted by atomic mass is 16.2. The molecule has 1 aromatic rings. The molecule has 5 heteroatoms. The van der Waals surface area contributed by atoms with Crippen molar-refractivity contribution in [2.45, 2.75) is 12.1 Å². The number of fused-ring (bicyclic) bond motifs is 1. The number of hydrogen-bond acceptors (Lipinski definition) is 4. The van der Waals surface area contributed by atoms with Crippen LogP contribution >= 0.6 is 0 Å². The number of nitrogens with zero attached hydrogens (tertiary/aromatic N) is 2. The molecule has 2 aliphatic heterocycles. The maximum atomic E-state index is 12.0. The van der Waals surface area contributed by atoms with Gasteiger partial charge < -0.3 is 10.6 Å². The first-order valence-electron chi connectivity index (χ1n) is 6.00. The van der Waals surface area contributed by atoms with Crippen LogP contribution in [0.2, 0.25) is 0 Å². The predicted octanol–water partition coefficient (Wildman–Crippen LogP) is -0.474. The number of amides is 1. The van der Waals surface area contributed by atoms with Crippen LogP contribution in [-0.4, -0.2) is 48.0 Å². The van der Waals surface area contributed by atoms with Crippen LogP contribution in [0, 0.1) is 0 Å². The second kappa shape index (κ2) is 4.43. The average molecular weight is 232 g/mol. The molecule has 2 fully saturated rings. The van der Waals surface area contributed by atoms with E-state index in [0.29, 0.717) is 6.04 Å². The van der Waals surface area contributed by atoms with E-state index in [1.54, 1.807) is 12.4 Å². The van der Waals surface area contributed by atoms with Crippen molar-refractivity contribution in [3.8, 4) is 0 Å². The van der Waals surface area contributed by atoms with E-state index in [4.69, 9.17) is 0 Å². The molecule has 5 nitrogen and oxygen atoms in total. The first-order chi connectivity index (χ1) is 8.36. The zero-order valence-electron chi connectivity index (χ0n) is 9.60. The molecule has 3 rings (SSSR count). The van der Waals surface area contributed by atoms with Crippen molar-refractivity contribution >= 4 is 5.91 Å². The van der Waals surface area contributed by atoms with Crippen molar-refractivity contribution in [1.82, 2.24) is 20.5 Å². The Labute approximate surface area is 100 Å². The van der Waals surface area contributed by atoms with Gasteiger partial charge in [-0.2, -0.15) is 0 Å². The molecule has 0 saturated carbocycles. The minimum atomic E-state index is -0.176. The van der Waals surface area contributed by atoms with Gasteiger partial charge in [0.2, 0.25) is 5.91 Å². The van der Waals surface area contributed by atoms with E-state index in [2.05, 4.69) is 20.5 Å². The van der Waals surface area contributed by atoms with Gasteiger partial charge in [-0.25, -0.2) is 0 Å². The Kier molecular flexibility index (Phi) is 2.78. The molecule has 0 bridgehead atoms. The number of rotatable bonds is 1. The van der Waals surface area contributed by atoms with Gasteiger partial charge in [-0.3, -0.25) is 14.7 Å². The lowest BCUT2D eigenvalue weighted by Gasteiger charge is -2.44. The Hall–Kier alpha value is -1.46. The van der Waals surface area contributed by atoms with Crippen LogP contribution in [0.1, 0.15) is 11.6 Å². The molecule has 2 unspecified atom stereocenters. The second-order valence-corrected chi connectivity index (χ2v) is 4.53. The van der Waals surface area contributed by atoms with Gasteiger partial charge >= 0.3 is 0 Å². The molecule has 2 saturated heterocycles. The topological polar surface area (TPSA) is 57.3 Å². The SMILES string of the molecule is O=C1NCC2CNCCN2C1c1cccnc1. The van der Waals surface area contributed by atoms with E-state index < -0.39 is 0 Å². The number of hydrogen-bond donors (Lipinski definition) is 2. The van der Waals surface area contributed by atoms with Crippen LogP contribution in [0.3, 0.4) is 0 Å². The lowest BCUT2D eigenvalue weighted by molar-refractivity contribution is -0.132. The van der Waals surface area contributed by atoms with Gasteiger partial charge in [-0.15, -0.1) is 0 Å². The van der Waals surface area contributed by atoms with E-state index in [1.165, 1.54) is 0 Å². The van der Waals surface area contributed by atoms with Gasteiger partial charge in [0, 0.05) is 44.6 Å². The van der Waals surface area contributed by atoms with Crippen LogP contribution in [0.25, 0.3) is 0 Å². The van der Waals surface area contributed by atoms with Crippen molar-refractivity contribution in [2.75, 3.05) is 26.2 Å². The molecule has 0 radical (unpaired) electrons. The fourth-order valence-electron chi connectivity index (χ4n) is 2.65. The van der Waals surface area contributed by atoms with Crippen LogP contribution in [0.4, 0.5) is 0 Å². The molecule has 0 spiro atoms. The summed E-state index contributed by atoms with van der Waals surface area (Å²) in [6.45, 7) is 3.54. The first-order valence-corrected chi connectivity index (χ1v) is 6.00. The number of nitrogens with one attached hydrogen (secondary N) is 2. The Balaban J connectivity index is 1.91. The van der Waals surface area contributed by atoms with Gasteiger partial charge in [-0.1, -0.05) is 6.07 Å². The fraction of sp³-hybridized carbons (Fsp3) is 0.500. The number of aromatic nitrogens is 1. The number of pyridine rings is 1. The van der Waals surface area contributed by atoms with Crippen LogP contribution < -0.4 is 10.6 Å². The van der Waals surface area contributed by atoms with Gasteiger partial charge in [0.1, 0.15) is 6.04 Å². The van der Waals surface area contributed by atoms with Crippen LogP contribution in [0.15, 0.2) is 24.5 Å². The molecule has 2 atom stereocenters. The van der Waals surface area contributed by atoms with Crippen molar-refractivity contribution < 1.29 is 4.79 Å². The number of carbonyl (C=O) groups excluding carboxylic acids is 1. The number of carbonyl (C=O) groups is 1. The lowest BCUT2D eigenvalue weighted by atomic mass is 9.99. The molecule has 1 amide bonds. The standard InChI is InChI=1S/C12H16N4O/c17-12-11(9-2-1-3-13-6-9)16-5-4-14-7-10(16)8-15-12/h1-3,6,10-11,14H,4-5,7-8H2,(H,15,17). The highest BCUT2D eigenvalue weighted by Gasteiger charge is 2.38. The molecule has 3 heterocycles.